The van der Waals surface area contributed by atoms with Crippen molar-refractivity contribution in [3.63, 3.8) is 0 Å². The average molecular weight is 352 g/mol. The van der Waals surface area contributed by atoms with Crippen molar-refractivity contribution in [3.8, 4) is 11.5 Å². The zero-order chi connectivity index (χ0) is 18.5. The second-order valence-corrected chi connectivity index (χ2v) is 6.42. The van der Waals surface area contributed by atoms with Crippen molar-refractivity contribution in [1.29, 1.82) is 0 Å². The molecule has 136 valence electrons. The predicted octanol–water partition coefficient (Wildman–Crippen LogP) is 4.82. The van der Waals surface area contributed by atoms with Crippen molar-refractivity contribution < 1.29 is 19.1 Å². The molecule has 0 aliphatic heterocycles. The molecule has 2 aromatic rings. The standard InChI is InChI=1S/C22H24O4/c1-3-5-13-25-17-11-7-9-15-19(17)22(24)20-16(21(15)23)10-8-12-18(20)26-14-6-4-2/h7-12H,3-6,13-14H2,1-2H3. The predicted molar refractivity (Wildman–Crippen MR) is 101 cm³/mol. The molecular weight excluding hydrogens is 328 g/mol. The molecule has 0 atom stereocenters. The lowest BCUT2D eigenvalue weighted by atomic mass is 9.83. The lowest BCUT2D eigenvalue weighted by Crippen LogP contribution is -2.23. The fourth-order valence-corrected chi connectivity index (χ4v) is 3.07. The number of carbonyl (C=O) groups is 2. The van der Waals surface area contributed by atoms with Crippen LogP contribution in [0.4, 0.5) is 0 Å². The molecule has 0 amide bonds. The number of hydrogen-bond acceptors (Lipinski definition) is 4. The molecule has 0 saturated heterocycles. The summed E-state index contributed by atoms with van der Waals surface area (Å²) in [6.45, 7) is 5.20. The number of ether oxygens (including phenoxy) is 2. The van der Waals surface area contributed by atoms with Gasteiger partial charge in [0.05, 0.1) is 24.3 Å². The van der Waals surface area contributed by atoms with Gasteiger partial charge in [0.1, 0.15) is 11.5 Å². The van der Waals surface area contributed by atoms with Crippen LogP contribution in [0, 0.1) is 0 Å². The highest BCUT2D eigenvalue weighted by molar-refractivity contribution is 6.30. The van der Waals surface area contributed by atoms with Gasteiger partial charge in [0, 0.05) is 11.1 Å². The van der Waals surface area contributed by atoms with Gasteiger partial charge in [0.15, 0.2) is 5.78 Å². The van der Waals surface area contributed by atoms with E-state index in [9.17, 15) is 9.59 Å². The van der Waals surface area contributed by atoms with E-state index in [0.29, 0.717) is 47.0 Å². The smallest absolute Gasteiger partial charge is 0.201 e. The lowest BCUT2D eigenvalue weighted by Gasteiger charge is -2.22. The van der Waals surface area contributed by atoms with Crippen LogP contribution in [0.1, 0.15) is 71.4 Å². The van der Waals surface area contributed by atoms with Gasteiger partial charge in [-0.05, 0) is 25.0 Å². The Hall–Kier alpha value is -2.62. The maximum atomic E-state index is 13.2. The summed E-state index contributed by atoms with van der Waals surface area (Å²) in [5.41, 5.74) is 1.52. The minimum atomic E-state index is -0.200. The monoisotopic (exact) mass is 352 g/mol. The summed E-state index contributed by atoms with van der Waals surface area (Å²) in [5, 5.41) is 0. The van der Waals surface area contributed by atoms with E-state index in [4.69, 9.17) is 9.47 Å². The molecule has 26 heavy (non-hydrogen) atoms. The van der Waals surface area contributed by atoms with E-state index >= 15 is 0 Å². The van der Waals surface area contributed by atoms with E-state index in [-0.39, 0.29) is 11.6 Å². The SMILES string of the molecule is CCCCOc1cccc2c1C(=O)c1c(OCCCC)cccc1C2=O. The third kappa shape index (κ3) is 3.36. The topological polar surface area (TPSA) is 52.6 Å². The summed E-state index contributed by atoms with van der Waals surface area (Å²) in [7, 11) is 0. The van der Waals surface area contributed by atoms with Gasteiger partial charge in [-0.15, -0.1) is 0 Å². The van der Waals surface area contributed by atoms with Crippen LogP contribution in [-0.4, -0.2) is 24.8 Å². The van der Waals surface area contributed by atoms with E-state index in [2.05, 4.69) is 13.8 Å². The molecule has 0 aromatic heterocycles. The van der Waals surface area contributed by atoms with Crippen LogP contribution in [0.3, 0.4) is 0 Å². The molecule has 0 fully saturated rings. The molecule has 0 radical (unpaired) electrons. The van der Waals surface area contributed by atoms with Crippen LogP contribution in [0.5, 0.6) is 11.5 Å². The van der Waals surface area contributed by atoms with Crippen LogP contribution < -0.4 is 9.47 Å². The van der Waals surface area contributed by atoms with Gasteiger partial charge in [0.2, 0.25) is 5.78 Å². The first-order chi connectivity index (χ1) is 12.7. The molecule has 0 unspecified atom stereocenters. The molecule has 0 spiro atoms. The number of unbranched alkanes of at least 4 members (excludes halogenated alkanes) is 2. The van der Waals surface area contributed by atoms with E-state index < -0.39 is 0 Å². The first-order valence-corrected chi connectivity index (χ1v) is 9.30. The van der Waals surface area contributed by atoms with Gasteiger partial charge in [-0.1, -0.05) is 51.0 Å². The van der Waals surface area contributed by atoms with Gasteiger partial charge in [-0.3, -0.25) is 9.59 Å². The molecule has 4 heteroatoms. The fraction of sp³-hybridized carbons (Fsp3) is 0.364. The van der Waals surface area contributed by atoms with Gasteiger partial charge >= 0.3 is 0 Å². The van der Waals surface area contributed by atoms with Crippen LogP contribution in [0.2, 0.25) is 0 Å². The maximum absolute atomic E-state index is 13.2. The Morgan fingerprint density at radius 1 is 0.692 bits per heavy atom. The zero-order valence-corrected chi connectivity index (χ0v) is 15.3. The first-order valence-electron chi connectivity index (χ1n) is 9.30. The molecule has 0 saturated carbocycles. The Labute approximate surface area is 154 Å². The highest BCUT2D eigenvalue weighted by Crippen LogP contribution is 2.37. The van der Waals surface area contributed by atoms with E-state index in [1.54, 1.807) is 36.4 Å². The van der Waals surface area contributed by atoms with Crippen LogP contribution >= 0.6 is 0 Å². The molecule has 0 bridgehead atoms. The average Bonchev–Trinajstić information content (AvgIpc) is 2.66. The first kappa shape index (κ1) is 18.2. The zero-order valence-electron chi connectivity index (χ0n) is 15.3. The second-order valence-electron chi connectivity index (χ2n) is 6.42. The van der Waals surface area contributed by atoms with Crippen LogP contribution in [0.15, 0.2) is 36.4 Å². The molecule has 0 heterocycles. The molecule has 2 aromatic carbocycles. The second kappa shape index (κ2) is 8.17. The van der Waals surface area contributed by atoms with Crippen molar-refractivity contribution >= 4 is 11.6 Å². The van der Waals surface area contributed by atoms with Crippen molar-refractivity contribution in [3.05, 3.63) is 58.7 Å². The molecule has 0 N–H and O–H groups in total. The van der Waals surface area contributed by atoms with E-state index in [0.717, 1.165) is 25.7 Å². The Bertz CT molecular complexity index is 757. The molecule has 1 aliphatic rings. The molecule has 1 aliphatic carbocycles. The van der Waals surface area contributed by atoms with Crippen molar-refractivity contribution in [2.24, 2.45) is 0 Å². The number of rotatable bonds is 8. The molecule has 4 nitrogen and oxygen atoms in total. The minimum Gasteiger partial charge on any atom is -0.493 e. The summed E-state index contributed by atoms with van der Waals surface area (Å²) >= 11 is 0. The van der Waals surface area contributed by atoms with Crippen LogP contribution in [-0.2, 0) is 0 Å². The Kier molecular flexibility index (Phi) is 5.71. The number of carbonyl (C=O) groups excluding carboxylic acids is 2. The van der Waals surface area contributed by atoms with Gasteiger partial charge in [-0.25, -0.2) is 0 Å². The van der Waals surface area contributed by atoms with Gasteiger partial charge in [-0.2, -0.15) is 0 Å². The number of benzene rings is 2. The van der Waals surface area contributed by atoms with Crippen molar-refractivity contribution in [2.75, 3.05) is 13.2 Å². The molecule has 3 rings (SSSR count). The number of hydrogen-bond donors (Lipinski definition) is 0. The minimum absolute atomic E-state index is 0.156. The number of ketones is 2. The van der Waals surface area contributed by atoms with Gasteiger partial charge < -0.3 is 9.47 Å². The lowest BCUT2D eigenvalue weighted by molar-refractivity contribution is 0.0972. The third-order valence-corrected chi connectivity index (χ3v) is 4.51. The molecular formula is C22H24O4. The van der Waals surface area contributed by atoms with E-state index in [1.165, 1.54) is 0 Å². The quantitative estimate of drug-likeness (QED) is 0.545. The van der Waals surface area contributed by atoms with Gasteiger partial charge in [0.25, 0.3) is 0 Å². The summed E-state index contributed by atoms with van der Waals surface area (Å²) in [6, 6.07) is 10.4. The summed E-state index contributed by atoms with van der Waals surface area (Å²) in [6.07, 6.45) is 3.79. The van der Waals surface area contributed by atoms with Crippen molar-refractivity contribution in [2.45, 2.75) is 39.5 Å². The highest BCUT2D eigenvalue weighted by Gasteiger charge is 2.34. The Morgan fingerprint density at radius 3 is 1.58 bits per heavy atom. The maximum Gasteiger partial charge on any atom is 0.201 e. The van der Waals surface area contributed by atoms with Crippen molar-refractivity contribution in [1.82, 2.24) is 0 Å². The van der Waals surface area contributed by atoms with E-state index in [1.807, 2.05) is 0 Å². The Morgan fingerprint density at radius 2 is 1.15 bits per heavy atom. The summed E-state index contributed by atoms with van der Waals surface area (Å²) in [5.74, 6) is 0.594. The fourth-order valence-electron chi connectivity index (χ4n) is 3.07. The highest BCUT2D eigenvalue weighted by atomic mass is 16.5. The number of fused-ring (bicyclic) bond motifs is 2. The largest absolute Gasteiger partial charge is 0.493 e. The Balaban J connectivity index is 2.02. The summed E-state index contributed by atoms with van der Waals surface area (Å²) < 4.78 is 11.6. The summed E-state index contributed by atoms with van der Waals surface area (Å²) in [4.78, 5) is 26.2. The van der Waals surface area contributed by atoms with Crippen LogP contribution in [0.25, 0.3) is 0 Å². The third-order valence-electron chi connectivity index (χ3n) is 4.51. The normalized spacial score (nSPS) is 12.5.